The Balaban J connectivity index is 2.13. The molecule has 2 aromatic heterocycles. The van der Waals surface area contributed by atoms with E-state index >= 15 is 0 Å². The molecule has 10 heteroatoms. The maximum Gasteiger partial charge on any atom is 0.422 e. The highest BCUT2D eigenvalue weighted by Crippen LogP contribution is 2.46. The van der Waals surface area contributed by atoms with E-state index in [4.69, 9.17) is 11.6 Å². The third kappa shape index (κ3) is 2.64. The predicted octanol–water partition coefficient (Wildman–Crippen LogP) is 4.32. The molecule has 0 fully saturated rings. The Hall–Kier alpha value is -2.68. The van der Waals surface area contributed by atoms with Crippen LogP contribution in [0, 0.1) is 5.82 Å². The summed E-state index contributed by atoms with van der Waals surface area (Å²) in [4.78, 5) is 17.4. The molecule has 0 aliphatic carbocycles. The standard InChI is InChI=1S/C17H11ClF4N4O/c1-2-11-23-12-7-10(19)14(17(20,21)22)16(26(12)24-11)25-13(27)6-8-4-3-5-9(18)15(8)25/h3-5,7H,2,6H2,1H3. The van der Waals surface area contributed by atoms with Crippen LogP contribution in [0.15, 0.2) is 24.3 Å². The SMILES string of the molecule is CCc1nc2cc(F)c(C(F)(F)F)c(N3C(=O)Cc4cccc(Cl)c43)n2n1. The molecule has 0 unspecified atom stereocenters. The number of benzene rings is 1. The van der Waals surface area contributed by atoms with Crippen LogP contribution in [0.2, 0.25) is 5.02 Å². The second kappa shape index (κ2) is 5.91. The summed E-state index contributed by atoms with van der Waals surface area (Å²) in [5.41, 5.74) is -1.17. The molecule has 3 aromatic rings. The number of amides is 1. The number of aromatic nitrogens is 3. The number of nitrogens with zero attached hydrogens (tertiary/aromatic N) is 4. The molecule has 0 saturated heterocycles. The van der Waals surface area contributed by atoms with Gasteiger partial charge in [0.2, 0.25) is 5.91 Å². The Bertz CT molecular complexity index is 1090. The van der Waals surface area contributed by atoms with Crippen molar-refractivity contribution in [1.82, 2.24) is 14.6 Å². The lowest BCUT2D eigenvalue weighted by atomic mass is 10.1. The average molecular weight is 399 g/mol. The minimum atomic E-state index is -5.06. The Morgan fingerprint density at radius 3 is 2.70 bits per heavy atom. The van der Waals surface area contributed by atoms with Crippen LogP contribution in [-0.4, -0.2) is 20.5 Å². The summed E-state index contributed by atoms with van der Waals surface area (Å²) in [6.45, 7) is 1.71. The molecule has 1 amide bonds. The van der Waals surface area contributed by atoms with Gasteiger partial charge in [-0.15, -0.1) is 5.10 Å². The maximum atomic E-state index is 14.5. The van der Waals surface area contributed by atoms with Gasteiger partial charge in [0.05, 0.1) is 17.1 Å². The average Bonchev–Trinajstić information content (AvgIpc) is 3.13. The van der Waals surface area contributed by atoms with E-state index in [1.165, 1.54) is 6.07 Å². The van der Waals surface area contributed by atoms with Gasteiger partial charge in [-0.2, -0.15) is 17.7 Å². The third-order valence-corrected chi connectivity index (χ3v) is 4.60. The van der Waals surface area contributed by atoms with Crippen LogP contribution in [-0.2, 0) is 23.8 Å². The number of halogens is 5. The smallest absolute Gasteiger partial charge is 0.274 e. The van der Waals surface area contributed by atoms with Crippen molar-refractivity contribution in [3.05, 3.63) is 52.1 Å². The van der Waals surface area contributed by atoms with Crippen LogP contribution >= 0.6 is 11.6 Å². The molecule has 0 saturated carbocycles. The highest BCUT2D eigenvalue weighted by atomic mass is 35.5. The van der Waals surface area contributed by atoms with E-state index in [2.05, 4.69) is 10.1 Å². The number of anilines is 2. The van der Waals surface area contributed by atoms with E-state index in [-0.39, 0.29) is 28.6 Å². The van der Waals surface area contributed by atoms with Crippen molar-refractivity contribution in [2.24, 2.45) is 0 Å². The van der Waals surface area contributed by atoms with Gasteiger partial charge in [-0.25, -0.2) is 9.37 Å². The zero-order valence-electron chi connectivity index (χ0n) is 13.8. The molecule has 0 N–H and O–H groups in total. The first-order valence-corrected chi connectivity index (χ1v) is 8.35. The third-order valence-electron chi connectivity index (χ3n) is 4.29. The summed E-state index contributed by atoms with van der Waals surface area (Å²) >= 11 is 6.16. The molecule has 0 spiro atoms. The van der Waals surface area contributed by atoms with Crippen molar-refractivity contribution in [2.75, 3.05) is 4.90 Å². The lowest BCUT2D eigenvalue weighted by molar-refractivity contribution is -0.139. The van der Waals surface area contributed by atoms with E-state index in [0.717, 1.165) is 9.42 Å². The fourth-order valence-electron chi connectivity index (χ4n) is 3.18. The van der Waals surface area contributed by atoms with Crippen LogP contribution in [0.3, 0.4) is 0 Å². The van der Waals surface area contributed by atoms with Crippen LogP contribution in [0.5, 0.6) is 0 Å². The Labute approximate surface area is 155 Å². The minimum absolute atomic E-state index is 0.0831. The van der Waals surface area contributed by atoms with Crippen molar-refractivity contribution in [2.45, 2.75) is 25.9 Å². The van der Waals surface area contributed by atoms with Crippen molar-refractivity contribution < 1.29 is 22.4 Å². The van der Waals surface area contributed by atoms with Gasteiger partial charge in [0.15, 0.2) is 17.3 Å². The van der Waals surface area contributed by atoms with Crippen LogP contribution in [0.1, 0.15) is 23.9 Å². The summed E-state index contributed by atoms with van der Waals surface area (Å²) in [5.74, 6) is -2.72. The van der Waals surface area contributed by atoms with Crippen molar-refractivity contribution in [1.29, 1.82) is 0 Å². The molecule has 0 bridgehead atoms. The van der Waals surface area contributed by atoms with Gasteiger partial charge in [0.25, 0.3) is 0 Å². The number of hydrogen-bond acceptors (Lipinski definition) is 3. The number of carbonyl (C=O) groups is 1. The van der Waals surface area contributed by atoms with Crippen LogP contribution in [0.4, 0.5) is 29.1 Å². The Morgan fingerprint density at radius 1 is 1.30 bits per heavy atom. The number of aryl methyl sites for hydroxylation is 1. The normalized spacial score (nSPS) is 14.3. The lowest BCUT2D eigenvalue weighted by Gasteiger charge is -2.23. The van der Waals surface area contributed by atoms with E-state index in [1.54, 1.807) is 19.1 Å². The van der Waals surface area contributed by atoms with Crippen molar-refractivity contribution >= 4 is 34.7 Å². The number of fused-ring (bicyclic) bond motifs is 2. The van der Waals surface area contributed by atoms with Crippen molar-refractivity contribution in [3.63, 3.8) is 0 Å². The number of carbonyl (C=O) groups excluding carboxylic acids is 1. The second-order valence-electron chi connectivity index (χ2n) is 5.99. The second-order valence-corrected chi connectivity index (χ2v) is 6.40. The molecule has 1 aliphatic rings. The van der Waals surface area contributed by atoms with Gasteiger partial charge in [0, 0.05) is 12.5 Å². The molecular weight excluding hydrogens is 388 g/mol. The first kappa shape index (κ1) is 17.7. The molecule has 5 nitrogen and oxygen atoms in total. The zero-order valence-corrected chi connectivity index (χ0v) is 14.6. The lowest BCUT2D eigenvalue weighted by Crippen LogP contribution is -2.28. The van der Waals surface area contributed by atoms with E-state index in [0.29, 0.717) is 18.1 Å². The maximum absolute atomic E-state index is 14.5. The molecular formula is C17H11ClF4N4O. The summed E-state index contributed by atoms with van der Waals surface area (Å²) in [7, 11) is 0. The Morgan fingerprint density at radius 2 is 2.04 bits per heavy atom. The van der Waals surface area contributed by atoms with Gasteiger partial charge >= 0.3 is 6.18 Å². The molecule has 0 atom stereocenters. The highest BCUT2D eigenvalue weighted by Gasteiger charge is 2.44. The molecule has 140 valence electrons. The first-order chi connectivity index (χ1) is 12.7. The van der Waals surface area contributed by atoms with Gasteiger partial charge < -0.3 is 0 Å². The quantitative estimate of drug-likeness (QED) is 0.604. The molecule has 1 aliphatic heterocycles. The summed E-state index contributed by atoms with van der Waals surface area (Å²) in [5, 5.41) is 4.11. The van der Waals surface area contributed by atoms with Crippen molar-refractivity contribution in [3.8, 4) is 0 Å². The molecule has 3 heterocycles. The van der Waals surface area contributed by atoms with Gasteiger partial charge in [-0.05, 0) is 11.6 Å². The molecule has 0 radical (unpaired) electrons. The van der Waals surface area contributed by atoms with E-state index in [1.807, 2.05) is 0 Å². The number of rotatable bonds is 2. The summed E-state index contributed by atoms with van der Waals surface area (Å²) in [6, 6.07) is 5.29. The van der Waals surface area contributed by atoms with Gasteiger partial charge in [0.1, 0.15) is 11.4 Å². The van der Waals surface area contributed by atoms with Gasteiger partial charge in [-0.1, -0.05) is 30.7 Å². The number of hydrogen-bond donors (Lipinski definition) is 0. The summed E-state index contributed by atoms with van der Waals surface area (Å²) in [6.07, 6.45) is -4.88. The van der Waals surface area contributed by atoms with E-state index < -0.39 is 29.3 Å². The first-order valence-electron chi connectivity index (χ1n) is 7.98. The topological polar surface area (TPSA) is 50.5 Å². The minimum Gasteiger partial charge on any atom is -0.274 e. The fraction of sp³-hybridized carbons (Fsp3) is 0.235. The number of para-hydroxylation sites is 1. The van der Waals surface area contributed by atoms with E-state index in [9.17, 15) is 22.4 Å². The largest absolute Gasteiger partial charge is 0.422 e. The fourth-order valence-corrected chi connectivity index (χ4v) is 3.46. The Kier molecular flexibility index (Phi) is 3.88. The molecule has 4 rings (SSSR count). The number of alkyl halides is 3. The summed E-state index contributed by atoms with van der Waals surface area (Å²) < 4.78 is 56.5. The number of pyridine rings is 1. The van der Waals surface area contributed by atoms with Gasteiger partial charge in [-0.3, -0.25) is 9.69 Å². The highest BCUT2D eigenvalue weighted by molar-refractivity contribution is 6.35. The predicted molar refractivity (Wildman–Crippen MR) is 89.6 cm³/mol. The van der Waals surface area contributed by atoms with Crippen LogP contribution in [0.25, 0.3) is 5.65 Å². The van der Waals surface area contributed by atoms with Crippen LogP contribution < -0.4 is 4.90 Å². The molecule has 1 aromatic carbocycles. The zero-order chi connectivity index (χ0) is 19.5. The molecule has 27 heavy (non-hydrogen) atoms. The monoisotopic (exact) mass is 398 g/mol.